The van der Waals surface area contributed by atoms with Crippen LogP contribution in [-0.4, -0.2) is 23.2 Å². The van der Waals surface area contributed by atoms with Crippen LogP contribution in [0, 0.1) is 17.8 Å². The zero-order valence-electron chi connectivity index (χ0n) is 11.7. The Hall–Kier alpha value is -0.570. The standard InChI is InChI=1S/C15H27NO2/c1-10(2)12-9-14(17)13(16-15(12)18)8-11-6-4-3-5-7-11/h10-14,17H,3-9H2,1-2H3,(H,16,18). The number of hydrogen-bond donors (Lipinski definition) is 2. The molecule has 2 aliphatic rings. The van der Waals surface area contributed by atoms with E-state index in [1.54, 1.807) is 0 Å². The third-order valence-electron chi connectivity index (χ3n) is 4.74. The lowest BCUT2D eigenvalue weighted by molar-refractivity contribution is -0.133. The van der Waals surface area contributed by atoms with Crippen LogP contribution in [0.4, 0.5) is 0 Å². The van der Waals surface area contributed by atoms with E-state index >= 15 is 0 Å². The molecule has 3 unspecified atom stereocenters. The number of carbonyl (C=O) groups is 1. The van der Waals surface area contributed by atoms with Gasteiger partial charge >= 0.3 is 0 Å². The lowest BCUT2D eigenvalue weighted by Gasteiger charge is -2.37. The van der Waals surface area contributed by atoms with Crippen molar-refractivity contribution in [1.29, 1.82) is 0 Å². The van der Waals surface area contributed by atoms with Crippen molar-refractivity contribution in [1.82, 2.24) is 5.32 Å². The smallest absolute Gasteiger partial charge is 0.223 e. The highest BCUT2D eigenvalue weighted by molar-refractivity contribution is 5.80. The second-order valence-corrected chi connectivity index (χ2v) is 6.51. The number of nitrogens with one attached hydrogen (secondary N) is 1. The number of aliphatic hydroxyl groups excluding tert-OH is 1. The molecule has 0 aromatic carbocycles. The number of hydrogen-bond acceptors (Lipinski definition) is 2. The van der Waals surface area contributed by atoms with Crippen LogP contribution in [0.15, 0.2) is 0 Å². The van der Waals surface area contributed by atoms with Crippen molar-refractivity contribution >= 4 is 5.91 Å². The Bertz CT molecular complexity index is 284. The first-order chi connectivity index (χ1) is 8.58. The van der Waals surface area contributed by atoms with Crippen molar-refractivity contribution in [3.8, 4) is 0 Å². The van der Waals surface area contributed by atoms with Gasteiger partial charge in [-0.05, 0) is 24.7 Å². The molecule has 1 saturated heterocycles. The van der Waals surface area contributed by atoms with E-state index in [2.05, 4.69) is 19.2 Å². The molecule has 0 aromatic heterocycles. The number of carbonyl (C=O) groups excluding carboxylic acids is 1. The first-order valence-electron chi connectivity index (χ1n) is 7.56. The Kier molecular flexibility index (Phi) is 4.66. The van der Waals surface area contributed by atoms with Crippen LogP contribution in [0.1, 0.15) is 58.8 Å². The molecule has 2 rings (SSSR count). The maximum atomic E-state index is 12.0. The summed E-state index contributed by atoms with van der Waals surface area (Å²) in [5, 5.41) is 13.3. The molecule has 0 bridgehead atoms. The molecule has 0 radical (unpaired) electrons. The lowest BCUT2D eigenvalue weighted by Crippen LogP contribution is -2.54. The highest BCUT2D eigenvalue weighted by atomic mass is 16.3. The van der Waals surface area contributed by atoms with Gasteiger partial charge in [0.25, 0.3) is 0 Å². The third-order valence-corrected chi connectivity index (χ3v) is 4.74. The van der Waals surface area contributed by atoms with Gasteiger partial charge in [-0.1, -0.05) is 46.0 Å². The maximum Gasteiger partial charge on any atom is 0.223 e. The van der Waals surface area contributed by atoms with Crippen LogP contribution in [-0.2, 0) is 4.79 Å². The molecule has 1 saturated carbocycles. The highest BCUT2D eigenvalue weighted by Gasteiger charge is 2.36. The van der Waals surface area contributed by atoms with Crippen LogP contribution in [0.3, 0.4) is 0 Å². The molecule has 3 nitrogen and oxygen atoms in total. The van der Waals surface area contributed by atoms with Gasteiger partial charge in [0, 0.05) is 5.92 Å². The fraction of sp³-hybridized carbons (Fsp3) is 0.933. The van der Waals surface area contributed by atoms with E-state index in [1.807, 2.05) is 0 Å². The molecular formula is C15H27NO2. The topological polar surface area (TPSA) is 49.3 Å². The van der Waals surface area contributed by atoms with Crippen molar-refractivity contribution < 1.29 is 9.90 Å². The Morgan fingerprint density at radius 1 is 1.28 bits per heavy atom. The predicted octanol–water partition coefficient (Wildman–Crippen LogP) is 2.48. The van der Waals surface area contributed by atoms with Crippen LogP contribution in [0.2, 0.25) is 0 Å². The molecule has 0 spiro atoms. The van der Waals surface area contributed by atoms with E-state index in [4.69, 9.17) is 0 Å². The molecule has 1 heterocycles. The van der Waals surface area contributed by atoms with E-state index in [9.17, 15) is 9.90 Å². The van der Waals surface area contributed by atoms with Crippen LogP contribution in [0.25, 0.3) is 0 Å². The quantitative estimate of drug-likeness (QED) is 0.812. The second kappa shape index (κ2) is 6.05. The molecule has 2 N–H and O–H groups in total. The summed E-state index contributed by atoms with van der Waals surface area (Å²) >= 11 is 0. The normalized spacial score (nSPS) is 34.7. The Morgan fingerprint density at radius 3 is 2.56 bits per heavy atom. The zero-order chi connectivity index (χ0) is 13.1. The van der Waals surface area contributed by atoms with E-state index in [0.717, 1.165) is 6.42 Å². The molecule has 1 aliphatic heterocycles. The fourth-order valence-corrected chi connectivity index (χ4v) is 3.49. The zero-order valence-corrected chi connectivity index (χ0v) is 11.7. The van der Waals surface area contributed by atoms with E-state index < -0.39 is 0 Å². The fourth-order valence-electron chi connectivity index (χ4n) is 3.49. The second-order valence-electron chi connectivity index (χ2n) is 6.51. The highest BCUT2D eigenvalue weighted by Crippen LogP contribution is 2.31. The lowest BCUT2D eigenvalue weighted by atomic mass is 9.78. The van der Waals surface area contributed by atoms with E-state index in [0.29, 0.717) is 18.3 Å². The van der Waals surface area contributed by atoms with Crippen molar-refractivity contribution in [2.75, 3.05) is 0 Å². The average molecular weight is 253 g/mol. The molecular weight excluding hydrogens is 226 g/mol. The molecule has 18 heavy (non-hydrogen) atoms. The Labute approximate surface area is 110 Å². The van der Waals surface area contributed by atoms with Gasteiger partial charge in [-0.3, -0.25) is 4.79 Å². The van der Waals surface area contributed by atoms with Gasteiger partial charge in [-0.25, -0.2) is 0 Å². The van der Waals surface area contributed by atoms with E-state index in [1.165, 1.54) is 32.1 Å². The number of piperidine rings is 1. The summed E-state index contributed by atoms with van der Waals surface area (Å²) in [5.41, 5.74) is 0. The molecule has 104 valence electrons. The molecule has 2 fully saturated rings. The maximum absolute atomic E-state index is 12.0. The van der Waals surface area contributed by atoms with Gasteiger partial charge < -0.3 is 10.4 Å². The van der Waals surface area contributed by atoms with E-state index in [-0.39, 0.29) is 24.0 Å². The molecule has 3 atom stereocenters. The van der Waals surface area contributed by atoms with Crippen molar-refractivity contribution in [3.63, 3.8) is 0 Å². The van der Waals surface area contributed by atoms with Gasteiger partial charge in [0.2, 0.25) is 5.91 Å². The van der Waals surface area contributed by atoms with Crippen molar-refractivity contribution in [2.45, 2.75) is 70.9 Å². The summed E-state index contributed by atoms with van der Waals surface area (Å²) in [6.45, 7) is 4.11. The number of rotatable bonds is 3. The molecule has 1 aliphatic carbocycles. The summed E-state index contributed by atoms with van der Waals surface area (Å²) in [6, 6.07) is -0.00407. The van der Waals surface area contributed by atoms with Crippen molar-refractivity contribution in [3.05, 3.63) is 0 Å². The molecule has 0 aromatic rings. The van der Waals surface area contributed by atoms with Gasteiger partial charge in [0.1, 0.15) is 0 Å². The Morgan fingerprint density at radius 2 is 1.94 bits per heavy atom. The van der Waals surface area contributed by atoms with Gasteiger partial charge in [-0.15, -0.1) is 0 Å². The minimum absolute atomic E-state index is 0.00407. The third kappa shape index (κ3) is 3.25. The van der Waals surface area contributed by atoms with Gasteiger partial charge in [0.05, 0.1) is 12.1 Å². The predicted molar refractivity (Wildman–Crippen MR) is 72.1 cm³/mol. The van der Waals surface area contributed by atoms with Gasteiger partial charge in [-0.2, -0.15) is 0 Å². The first kappa shape index (κ1) is 13.9. The average Bonchev–Trinajstić information content (AvgIpc) is 2.34. The largest absolute Gasteiger partial charge is 0.391 e. The Balaban J connectivity index is 1.88. The first-order valence-corrected chi connectivity index (χ1v) is 7.56. The SMILES string of the molecule is CC(C)C1CC(O)C(CC2CCCCC2)NC1=O. The van der Waals surface area contributed by atoms with Crippen LogP contribution in [0.5, 0.6) is 0 Å². The minimum Gasteiger partial charge on any atom is -0.391 e. The van der Waals surface area contributed by atoms with Crippen LogP contribution >= 0.6 is 0 Å². The minimum atomic E-state index is -0.350. The molecule has 3 heteroatoms. The summed E-state index contributed by atoms with van der Waals surface area (Å²) < 4.78 is 0. The molecule has 1 amide bonds. The monoisotopic (exact) mass is 253 g/mol. The number of aliphatic hydroxyl groups is 1. The van der Waals surface area contributed by atoms with Crippen LogP contribution < -0.4 is 5.32 Å². The van der Waals surface area contributed by atoms with Gasteiger partial charge in [0.15, 0.2) is 0 Å². The summed E-state index contributed by atoms with van der Waals surface area (Å²) in [6.07, 6.45) is 7.78. The van der Waals surface area contributed by atoms with Crippen molar-refractivity contribution in [2.24, 2.45) is 17.8 Å². The number of amides is 1. The summed E-state index contributed by atoms with van der Waals surface area (Å²) in [7, 11) is 0. The summed E-state index contributed by atoms with van der Waals surface area (Å²) in [4.78, 5) is 12.0. The summed E-state index contributed by atoms with van der Waals surface area (Å²) in [5.74, 6) is 1.16.